The minimum atomic E-state index is 0.397. The zero-order valence-corrected chi connectivity index (χ0v) is 13.3. The van der Waals surface area contributed by atoms with E-state index in [-0.39, 0.29) is 0 Å². The van der Waals surface area contributed by atoms with Crippen LogP contribution in [0, 0.1) is 5.92 Å². The van der Waals surface area contributed by atoms with Crippen LogP contribution in [0.5, 0.6) is 0 Å². The Morgan fingerprint density at radius 3 is 2.58 bits per heavy atom. The van der Waals surface area contributed by atoms with Gasteiger partial charge in [-0.1, -0.05) is 27.2 Å². The fraction of sp³-hybridized carbons (Fsp3) is 1.00. The van der Waals surface area contributed by atoms with Crippen molar-refractivity contribution in [3.63, 3.8) is 0 Å². The molecule has 1 fully saturated rings. The van der Waals surface area contributed by atoms with Crippen molar-refractivity contribution in [1.82, 2.24) is 5.32 Å². The maximum absolute atomic E-state index is 6.15. The van der Waals surface area contributed by atoms with Gasteiger partial charge in [-0.3, -0.25) is 0 Å². The Bertz CT molecular complexity index is 223. The third-order valence-electron chi connectivity index (χ3n) is 4.41. The van der Waals surface area contributed by atoms with Gasteiger partial charge in [-0.25, -0.2) is 0 Å². The summed E-state index contributed by atoms with van der Waals surface area (Å²) in [7, 11) is 1.82. The molecule has 0 aromatic heterocycles. The van der Waals surface area contributed by atoms with Gasteiger partial charge in [0, 0.05) is 13.2 Å². The van der Waals surface area contributed by atoms with Crippen LogP contribution in [0.2, 0.25) is 0 Å². The van der Waals surface area contributed by atoms with Gasteiger partial charge in [-0.15, -0.1) is 0 Å². The SMILES string of the molecule is CCCNC(COC1CCCC(OC)C1)C(C)CC. The molecule has 1 N–H and O–H groups in total. The highest BCUT2D eigenvalue weighted by Crippen LogP contribution is 2.23. The topological polar surface area (TPSA) is 30.5 Å². The molecule has 0 radical (unpaired) electrons. The van der Waals surface area contributed by atoms with Gasteiger partial charge in [-0.05, 0) is 44.6 Å². The summed E-state index contributed by atoms with van der Waals surface area (Å²) in [4.78, 5) is 0. The second-order valence-corrected chi connectivity index (χ2v) is 5.93. The van der Waals surface area contributed by atoms with Crippen LogP contribution in [-0.2, 0) is 9.47 Å². The van der Waals surface area contributed by atoms with Crippen molar-refractivity contribution in [2.24, 2.45) is 5.92 Å². The summed E-state index contributed by atoms with van der Waals surface area (Å²) in [6.45, 7) is 8.72. The molecule has 3 nitrogen and oxygen atoms in total. The molecule has 0 spiro atoms. The highest BCUT2D eigenvalue weighted by molar-refractivity contribution is 4.77. The van der Waals surface area contributed by atoms with Crippen molar-refractivity contribution in [3.05, 3.63) is 0 Å². The summed E-state index contributed by atoms with van der Waals surface area (Å²) in [5.74, 6) is 0.674. The van der Waals surface area contributed by atoms with Gasteiger partial charge in [-0.2, -0.15) is 0 Å². The highest BCUT2D eigenvalue weighted by atomic mass is 16.5. The van der Waals surface area contributed by atoms with E-state index in [9.17, 15) is 0 Å². The van der Waals surface area contributed by atoms with E-state index in [2.05, 4.69) is 26.1 Å². The molecule has 0 aliphatic heterocycles. The number of methoxy groups -OCH3 is 1. The second-order valence-electron chi connectivity index (χ2n) is 5.93. The first kappa shape index (κ1) is 16.9. The molecule has 1 aliphatic carbocycles. The molecule has 0 amide bonds. The Morgan fingerprint density at radius 2 is 1.95 bits per heavy atom. The molecule has 4 unspecified atom stereocenters. The second kappa shape index (κ2) is 9.73. The van der Waals surface area contributed by atoms with E-state index in [1.807, 2.05) is 7.11 Å². The quantitative estimate of drug-likeness (QED) is 0.697. The van der Waals surface area contributed by atoms with Gasteiger partial charge in [0.1, 0.15) is 0 Å². The van der Waals surface area contributed by atoms with Gasteiger partial charge in [0.25, 0.3) is 0 Å². The van der Waals surface area contributed by atoms with Gasteiger partial charge in [0.15, 0.2) is 0 Å². The third kappa shape index (κ3) is 6.24. The summed E-state index contributed by atoms with van der Waals surface area (Å²) in [5, 5.41) is 3.63. The monoisotopic (exact) mass is 271 g/mol. The number of hydrogen-bond acceptors (Lipinski definition) is 3. The first-order chi connectivity index (χ1) is 9.21. The van der Waals surface area contributed by atoms with Crippen molar-refractivity contribution in [2.75, 3.05) is 20.3 Å². The molecule has 0 aromatic rings. The standard InChI is InChI=1S/C16H33NO2/c1-5-10-17-16(13(3)6-2)12-19-15-9-7-8-14(11-15)18-4/h13-17H,5-12H2,1-4H3. The Kier molecular flexibility index (Phi) is 8.67. The van der Waals surface area contributed by atoms with Crippen LogP contribution in [0.15, 0.2) is 0 Å². The maximum Gasteiger partial charge on any atom is 0.0625 e. The first-order valence-corrected chi connectivity index (χ1v) is 8.08. The molecule has 19 heavy (non-hydrogen) atoms. The number of nitrogens with one attached hydrogen (secondary N) is 1. The Hall–Kier alpha value is -0.120. The van der Waals surface area contributed by atoms with Crippen molar-refractivity contribution >= 4 is 0 Å². The summed E-state index contributed by atoms with van der Waals surface area (Å²) in [6.07, 6.45) is 7.88. The molecule has 1 rings (SSSR count). The van der Waals surface area contributed by atoms with Crippen LogP contribution in [0.1, 0.15) is 59.3 Å². The molecule has 1 aliphatic rings. The normalized spacial score (nSPS) is 27.2. The van der Waals surface area contributed by atoms with Crippen molar-refractivity contribution < 1.29 is 9.47 Å². The average Bonchev–Trinajstić information content (AvgIpc) is 2.46. The molecule has 0 saturated heterocycles. The molecule has 1 saturated carbocycles. The van der Waals surface area contributed by atoms with E-state index in [0.29, 0.717) is 24.2 Å². The van der Waals surface area contributed by atoms with Crippen molar-refractivity contribution in [3.8, 4) is 0 Å². The van der Waals surface area contributed by atoms with Crippen LogP contribution in [-0.4, -0.2) is 38.5 Å². The number of rotatable bonds is 9. The van der Waals surface area contributed by atoms with Crippen LogP contribution in [0.25, 0.3) is 0 Å². The van der Waals surface area contributed by atoms with E-state index in [4.69, 9.17) is 9.47 Å². The Morgan fingerprint density at radius 1 is 1.21 bits per heavy atom. The molecule has 114 valence electrons. The largest absolute Gasteiger partial charge is 0.381 e. The van der Waals surface area contributed by atoms with Crippen LogP contribution >= 0.6 is 0 Å². The molecular formula is C16H33NO2. The Balaban J connectivity index is 2.33. The fourth-order valence-corrected chi connectivity index (χ4v) is 2.75. The number of ether oxygens (including phenoxy) is 2. The summed E-state index contributed by atoms with van der Waals surface area (Å²) in [5.41, 5.74) is 0. The molecule has 3 heteroatoms. The molecular weight excluding hydrogens is 238 g/mol. The average molecular weight is 271 g/mol. The van der Waals surface area contributed by atoms with Crippen molar-refractivity contribution in [1.29, 1.82) is 0 Å². The van der Waals surface area contributed by atoms with E-state index in [0.717, 1.165) is 19.6 Å². The van der Waals surface area contributed by atoms with E-state index in [1.165, 1.54) is 32.1 Å². The van der Waals surface area contributed by atoms with Gasteiger partial charge in [0.2, 0.25) is 0 Å². The van der Waals surface area contributed by atoms with Crippen LogP contribution in [0.3, 0.4) is 0 Å². The highest BCUT2D eigenvalue weighted by Gasteiger charge is 2.24. The van der Waals surface area contributed by atoms with Gasteiger partial charge in [0.05, 0.1) is 18.8 Å². The third-order valence-corrected chi connectivity index (χ3v) is 4.41. The minimum Gasteiger partial charge on any atom is -0.381 e. The smallest absolute Gasteiger partial charge is 0.0625 e. The summed E-state index contributed by atoms with van der Waals surface area (Å²) < 4.78 is 11.6. The molecule has 4 atom stereocenters. The predicted octanol–water partition coefficient (Wildman–Crippen LogP) is 3.37. The van der Waals surface area contributed by atoms with Gasteiger partial charge >= 0.3 is 0 Å². The summed E-state index contributed by atoms with van der Waals surface area (Å²) in [6, 6.07) is 0.493. The first-order valence-electron chi connectivity index (χ1n) is 8.08. The lowest BCUT2D eigenvalue weighted by Gasteiger charge is -2.31. The predicted molar refractivity (Wildman–Crippen MR) is 80.5 cm³/mol. The lowest BCUT2D eigenvalue weighted by atomic mass is 9.94. The molecule has 0 bridgehead atoms. The van der Waals surface area contributed by atoms with Crippen LogP contribution in [0.4, 0.5) is 0 Å². The fourth-order valence-electron chi connectivity index (χ4n) is 2.75. The van der Waals surface area contributed by atoms with Crippen molar-refractivity contribution in [2.45, 2.75) is 77.5 Å². The maximum atomic E-state index is 6.15. The number of hydrogen-bond donors (Lipinski definition) is 1. The van der Waals surface area contributed by atoms with E-state index < -0.39 is 0 Å². The van der Waals surface area contributed by atoms with Gasteiger partial charge < -0.3 is 14.8 Å². The summed E-state index contributed by atoms with van der Waals surface area (Å²) >= 11 is 0. The minimum absolute atomic E-state index is 0.397. The van der Waals surface area contributed by atoms with E-state index >= 15 is 0 Å². The Labute approximate surface area is 119 Å². The zero-order chi connectivity index (χ0) is 14.1. The van der Waals surface area contributed by atoms with E-state index in [1.54, 1.807) is 0 Å². The molecule has 0 heterocycles. The van der Waals surface area contributed by atoms with Crippen LogP contribution < -0.4 is 5.32 Å². The lowest BCUT2D eigenvalue weighted by Crippen LogP contribution is -2.41. The molecule has 0 aromatic carbocycles. The zero-order valence-electron chi connectivity index (χ0n) is 13.3. The lowest BCUT2D eigenvalue weighted by molar-refractivity contribution is -0.0392.